The molecule has 0 heterocycles. The zero-order valence-electron chi connectivity index (χ0n) is 12.5. The molecule has 0 bridgehead atoms. The molecule has 21 heavy (non-hydrogen) atoms. The van der Waals surface area contributed by atoms with Gasteiger partial charge in [-0.25, -0.2) is 0 Å². The molecule has 1 aromatic rings. The standard InChI is InChI=1S/C17H23NO3/c1-12-7-9-13(10-8-12)16(19)11-15(17(20)21)18-14-5-3-2-4-6-14/h7-10,14-15,18H,2-6,11H2,1H3,(H,20,21). The lowest BCUT2D eigenvalue weighted by Crippen LogP contribution is -2.45. The summed E-state index contributed by atoms with van der Waals surface area (Å²) in [5.41, 5.74) is 1.67. The number of hydrogen-bond acceptors (Lipinski definition) is 3. The summed E-state index contributed by atoms with van der Waals surface area (Å²) in [5.74, 6) is -1.06. The van der Waals surface area contributed by atoms with Gasteiger partial charge in [0.15, 0.2) is 5.78 Å². The zero-order chi connectivity index (χ0) is 15.2. The van der Waals surface area contributed by atoms with Crippen LogP contribution in [-0.2, 0) is 4.79 Å². The maximum Gasteiger partial charge on any atom is 0.321 e. The van der Waals surface area contributed by atoms with E-state index >= 15 is 0 Å². The largest absolute Gasteiger partial charge is 0.480 e. The molecule has 0 saturated heterocycles. The van der Waals surface area contributed by atoms with Crippen molar-refractivity contribution in [3.63, 3.8) is 0 Å². The van der Waals surface area contributed by atoms with Crippen LogP contribution in [-0.4, -0.2) is 28.9 Å². The lowest BCUT2D eigenvalue weighted by molar-refractivity contribution is -0.139. The van der Waals surface area contributed by atoms with Gasteiger partial charge in [0, 0.05) is 18.0 Å². The quantitative estimate of drug-likeness (QED) is 0.790. The molecule has 0 aromatic heterocycles. The monoisotopic (exact) mass is 289 g/mol. The first-order chi connectivity index (χ1) is 10.1. The summed E-state index contributed by atoms with van der Waals surface area (Å²) in [7, 11) is 0. The molecule has 1 aliphatic carbocycles. The molecule has 0 aliphatic heterocycles. The number of benzene rings is 1. The summed E-state index contributed by atoms with van der Waals surface area (Å²) < 4.78 is 0. The summed E-state index contributed by atoms with van der Waals surface area (Å²) >= 11 is 0. The van der Waals surface area contributed by atoms with E-state index < -0.39 is 12.0 Å². The molecule has 1 unspecified atom stereocenters. The second kappa shape index (κ2) is 7.36. The first kappa shape index (κ1) is 15.7. The maximum atomic E-state index is 12.2. The number of hydrogen-bond donors (Lipinski definition) is 2. The highest BCUT2D eigenvalue weighted by atomic mass is 16.4. The minimum Gasteiger partial charge on any atom is -0.480 e. The number of rotatable bonds is 6. The van der Waals surface area contributed by atoms with Crippen molar-refractivity contribution in [3.8, 4) is 0 Å². The van der Waals surface area contributed by atoms with Crippen molar-refractivity contribution in [2.24, 2.45) is 0 Å². The van der Waals surface area contributed by atoms with Gasteiger partial charge in [0.2, 0.25) is 0 Å². The fraction of sp³-hybridized carbons (Fsp3) is 0.529. The van der Waals surface area contributed by atoms with Crippen LogP contribution in [0.15, 0.2) is 24.3 Å². The van der Waals surface area contributed by atoms with E-state index in [4.69, 9.17) is 0 Å². The Hall–Kier alpha value is -1.68. The van der Waals surface area contributed by atoms with Crippen LogP contribution < -0.4 is 5.32 Å². The maximum absolute atomic E-state index is 12.2. The van der Waals surface area contributed by atoms with Crippen LogP contribution in [0, 0.1) is 6.92 Å². The van der Waals surface area contributed by atoms with Crippen LogP contribution in [0.5, 0.6) is 0 Å². The number of Topliss-reactive ketones (excluding diaryl/α,β-unsaturated/α-hetero) is 1. The SMILES string of the molecule is Cc1ccc(C(=O)CC(NC2CCCCC2)C(=O)O)cc1. The minimum atomic E-state index is -0.943. The van der Waals surface area contributed by atoms with Crippen molar-refractivity contribution in [2.75, 3.05) is 0 Å². The van der Waals surface area contributed by atoms with Gasteiger partial charge in [-0.05, 0) is 19.8 Å². The predicted molar refractivity (Wildman–Crippen MR) is 81.6 cm³/mol. The van der Waals surface area contributed by atoms with Crippen LogP contribution in [0.2, 0.25) is 0 Å². The van der Waals surface area contributed by atoms with E-state index in [-0.39, 0.29) is 18.2 Å². The molecule has 4 nitrogen and oxygen atoms in total. The molecule has 1 saturated carbocycles. The average Bonchev–Trinajstić information content (AvgIpc) is 2.48. The highest BCUT2D eigenvalue weighted by molar-refractivity contribution is 5.98. The Labute approximate surface area is 125 Å². The number of aryl methyl sites for hydroxylation is 1. The number of carboxylic acid groups (broad SMARTS) is 1. The van der Waals surface area contributed by atoms with Crippen LogP contribution in [0.25, 0.3) is 0 Å². The molecule has 4 heteroatoms. The summed E-state index contributed by atoms with van der Waals surface area (Å²) in [6.07, 6.45) is 5.50. The number of ketones is 1. The number of nitrogens with one attached hydrogen (secondary N) is 1. The Morgan fingerprint density at radius 3 is 2.38 bits per heavy atom. The normalized spacial score (nSPS) is 17.4. The molecule has 0 radical (unpaired) electrons. The molecule has 114 valence electrons. The molecule has 2 rings (SSSR count). The van der Waals surface area contributed by atoms with Gasteiger partial charge in [-0.2, -0.15) is 0 Å². The number of carbonyl (C=O) groups excluding carboxylic acids is 1. The third-order valence-electron chi connectivity index (χ3n) is 4.10. The lowest BCUT2D eigenvalue weighted by Gasteiger charge is -2.26. The van der Waals surface area contributed by atoms with Crippen LogP contribution >= 0.6 is 0 Å². The van der Waals surface area contributed by atoms with Gasteiger partial charge in [-0.1, -0.05) is 49.1 Å². The van der Waals surface area contributed by atoms with Crippen LogP contribution in [0.4, 0.5) is 0 Å². The predicted octanol–water partition coefficient (Wildman–Crippen LogP) is 2.94. The Morgan fingerprint density at radius 2 is 1.81 bits per heavy atom. The molecule has 0 amide bonds. The molecule has 1 atom stereocenters. The van der Waals surface area contributed by atoms with E-state index in [2.05, 4.69) is 5.32 Å². The Kier molecular flexibility index (Phi) is 5.51. The van der Waals surface area contributed by atoms with Crippen molar-refractivity contribution >= 4 is 11.8 Å². The second-order valence-electron chi connectivity index (χ2n) is 5.89. The Bertz CT molecular complexity index is 489. The van der Waals surface area contributed by atoms with E-state index in [1.807, 2.05) is 19.1 Å². The van der Waals surface area contributed by atoms with E-state index in [1.165, 1.54) is 6.42 Å². The minimum absolute atomic E-state index is 0.00882. The summed E-state index contributed by atoms with van der Waals surface area (Å²) in [6, 6.07) is 6.70. The van der Waals surface area contributed by atoms with Gasteiger partial charge in [0.25, 0.3) is 0 Å². The van der Waals surface area contributed by atoms with E-state index in [9.17, 15) is 14.7 Å². The van der Waals surface area contributed by atoms with Gasteiger partial charge in [-0.3, -0.25) is 9.59 Å². The van der Waals surface area contributed by atoms with Crippen molar-refractivity contribution in [1.29, 1.82) is 0 Å². The fourth-order valence-electron chi connectivity index (χ4n) is 2.81. The van der Waals surface area contributed by atoms with Crippen LogP contribution in [0.3, 0.4) is 0 Å². The molecule has 2 N–H and O–H groups in total. The first-order valence-corrected chi connectivity index (χ1v) is 7.65. The summed E-state index contributed by atoms with van der Waals surface area (Å²) in [6.45, 7) is 1.96. The third-order valence-corrected chi connectivity index (χ3v) is 4.10. The first-order valence-electron chi connectivity index (χ1n) is 7.65. The third kappa shape index (κ3) is 4.67. The highest BCUT2D eigenvalue weighted by Crippen LogP contribution is 2.18. The van der Waals surface area contributed by atoms with Crippen molar-refractivity contribution < 1.29 is 14.7 Å². The summed E-state index contributed by atoms with van der Waals surface area (Å²) in [4.78, 5) is 23.6. The number of aliphatic carboxylic acids is 1. The molecule has 1 aliphatic rings. The van der Waals surface area contributed by atoms with Gasteiger partial charge in [0.1, 0.15) is 6.04 Å². The van der Waals surface area contributed by atoms with E-state index in [0.717, 1.165) is 31.2 Å². The summed E-state index contributed by atoms with van der Waals surface area (Å²) in [5, 5.41) is 12.5. The number of carbonyl (C=O) groups is 2. The van der Waals surface area contributed by atoms with E-state index in [1.54, 1.807) is 12.1 Å². The van der Waals surface area contributed by atoms with Crippen molar-refractivity contribution in [2.45, 2.75) is 57.5 Å². The molecular formula is C17H23NO3. The fourth-order valence-corrected chi connectivity index (χ4v) is 2.81. The Morgan fingerprint density at radius 1 is 1.19 bits per heavy atom. The van der Waals surface area contributed by atoms with Gasteiger partial charge < -0.3 is 10.4 Å². The molecule has 1 fully saturated rings. The van der Waals surface area contributed by atoms with Gasteiger partial charge in [-0.15, -0.1) is 0 Å². The second-order valence-corrected chi connectivity index (χ2v) is 5.89. The highest BCUT2D eigenvalue weighted by Gasteiger charge is 2.25. The van der Waals surface area contributed by atoms with Crippen molar-refractivity contribution in [3.05, 3.63) is 35.4 Å². The van der Waals surface area contributed by atoms with Gasteiger partial charge >= 0.3 is 5.97 Å². The van der Waals surface area contributed by atoms with Crippen LogP contribution in [0.1, 0.15) is 54.4 Å². The van der Waals surface area contributed by atoms with Gasteiger partial charge in [0.05, 0.1) is 0 Å². The zero-order valence-corrected chi connectivity index (χ0v) is 12.5. The molecule has 1 aromatic carbocycles. The number of carboxylic acids is 1. The van der Waals surface area contributed by atoms with Crippen molar-refractivity contribution in [1.82, 2.24) is 5.32 Å². The van der Waals surface area contributed by atoms with E-state index in [0.29, 0.717) is 5.56 Å². The molecular weight excluding hydrogens is 266 g/mol. The lowest BCUT2D eigenvalue weighted by atomic mass is 9.94. The smallest absolute Gasteiger partial charge is 0.321 e. The molecule has 0 spiro atoms. The Balaban J connectivity index is 1.96. The average molecular weight is 289 g/mol. The topological polar surface area (TPSA) is 66.4 Å².